The molecule has 0 saturated carbocycles. The number of rotatable bonds is 5. The lowest BCUT2D eigenvalue weighted by Crippen LogP contribution is -2.24. The van der Waals surface area contributed by atoms with E-state index in [9.17, 15) is 4.79 Å². The van der Waals surface area contributed by atoms with Gasteiger partial charge in [-0.15, -0.1) is 0 Å². The number of ether oxygens (including phenoxy) is 1. The van der Waals surface area contributed by atoms with E-state index in [1.54, 1.807) is 24.3 Å². The smallest absolute Gasteiger partial charge is 0.257 e. The molecule has 0 aliphatic rings. The number of aromatic nitrogens is 1. The van der Waals surface area contributed by atoms with Crippen LogP contribution in [0.1, 0.15) is 28.7 Å². The molecule has 20 heavy (non-hydrogen) atoms. The summed E-state index contributed by atoms with van der Waals surface area (Å²) in [6.07, 6.45) is 0. The van der Waals surface area contributed by atoms with Crippen molar-refractivity contribution < 1.29 is 14.1 Å². The van der Waals surface area contributed by atoms with Gasteiger partial charge >= 0.3 is 0 Å². The second-order valence-electron chi connectivity index (χ2n) is 4.27. The lowest BCUT2D eigenvalue weighted by molar-refractivity contribution is 0.0944. The molecule has 0 radical (unpaired) electrons. The fourth-order valence-electron chi connectivity index (χ4n) is 1.82. The van der Waals surface area contributed by atoms with Crippen molar-refractivity contribution in [3.8, 4) is 5.75 Å². The first-order valence-corrected chi connectivity index (χ1v) is 6.33. The first-order chi connectivity index (χ1) is 9.61. The number of hydrogen-bond acceptors (Lipinski definition) is 5. The Hall–Kier alpha value is -2.50. The third kappa shape index (κ3) is 3.09. The van der Waals surface area contributed by atoms with E-state index in [1.807, 2.05) is 13.8 Å². The molecule has 2 rings (SSSR count). The van der Waals surface area contributed by atoms with E-state index in [1.165, 1.54) is 0 Å². The van der Waals surface area contributed by atoms with Crippen LogP contribution in [0.3, 0.4) is 0 Å². The molecule has 1 heterocycles. The van der Waals surface area contributed by atoms with Gasteiger partial charge in [-0.1, -0.05) is 11.2 Å². The molecular formula is C14H17N3O3. The van der Waals surface area contributed by atoms with E-state index in [4.69, 9.17) is 15.0 Å². The maximum atomic E-state index is 12.2. The Morgan fingerprint density at radius 1 is 1.50 bits per heavy atom. The van der Waals surface area contributed by atoms with Crippen LogP contribution in [0.4, 0.5) is 5.69 Å². The third-order valence-corrected chi connectivity index (χ3v) is 2.69. The highest BCUT2D eigenvalue weighted by atomic mass is 16.5. The number of nitrogens with zero attached hydrogens (tertiary/aromatic N) is 1. The Morgan fingerprint density at radius 2 is 2.30 bits per heavy atom. The number of amides is 1. The zero-order valence-corrected chi connectivity index (χ0v) is 11.5. The molecule has 0 spiro atoms. The van der Waals surface area contributed by atoms with Gasteiger partial charge in [0.25, 0.3) is 5.91 Å². The van der Waals surface area contributed by atoms with Crippen LogP contribution >= 0.6 is 0 Å². The molecule has 0 saturated heterocycles. The van der Waals surface area contributed by atoms with Gasteiger partial charge in [0.1, 0.15) is 11.3 Å². The Morgan fingerprint density at radius 3 is 2.95 bits per heavy atom. The zero-order chi connectivity index (χ0) is 14.5. The number of carbonyl (C=O) groups is 1. The highest BCUT2D eigenvalue weighted by Gasteiger charge is 2.16. The summed E-state index contributed by atoms with van der Waals surface area (Å²) >= 11 is 0. The van der Waals surface area contributed by atoms with Crippen LogP contribution in [0.15, 0.2) is 28.8 Å². The van der Waals surface area contributed by atoms with Gasteiger partial charge in [0.15, 0.2) is 5.76 Å². The fraction of sp³-hybridized carbons (Fsp3) is 0.286. The van der Waals surface area contributed by atoms with Crippen LogP contribution < -0.4 is 15.8 Å². The van der Waals surface area contributed by atoms with Gasteiger partial charge < -0.3 is 20.3 Å². The molecule has 1 aromatic heterocycles. The molecule has 1 aromatic carbocycles. The lowest BCUT2D eigenvalue weighted by atomic mass is 10.1. The number of anilines is 1. The largest absolute Gasteiger partial charge is 0.493 e. The minimum atomic E-state index is -0.305. The Balaban J connectivity index is 2.12. The topological polar surface area (TPSA) is 90.4 Å². The first-order valence-electron chi connectivity index (χ1n) is 6.33. The summed E-state index contributed by atoms with van der Waals surface area (Å²) in [5.74, 6) is 0.752. The summed E-state index contributed by atoms with van der Waals surface area (Å²) in [5, 5.41) is 6.49. The molecule has 6 heteroatoms. The quantitative estimate of drug-likeness (QED) is 0.813. The monoisotopic (exact) mass is 275 g/mol. The standard InChI is InChI=1S/C14H17N3O3/c1-3-19-12-6-4-5-11(15)13(12)14(18)16-8-10-7-9(2)17-20-10/h4-7H,3,8,15H2,1-2H3,(H,16,18). The van der Waals surface area contributed by atoms with Gasteiger partial charge in [0.2, 0.25) is 0 Å². The lowest BCUT2D eigenvalue weighted by Gasteiger charge is -2.12. The van der Waals surface area contributed by atoms with Crippen LogP contribution in [-0.4, -0.2) is 17.7 Å². The predicted octanol–water partition coefficient (Wildman–Crippen LogP) is 1.89. The molecule has 6 nitrogen and oxygen atoms in total. The number of benzene rings is 1. The van der Waals surface area contributed by atoms with Crippen LogP contribution in [0, 0.1) is 6.92 Å². The van der Waals surface area contributed by atoms with Gasteiger partial charge in [-0.3, -0.25) is 4.79 Å². The Labute approximate surface area is 116 Å². The van der Waals surface area contributed by atoms with E-state index in [2.05, 4.69) is 10.5 Å². The van der Waals surface area contributed by atoms with Gasteiger partial charge in [0.05, 0.1) is 18.8 Å². The van der Waals surface area contributed by atoms with Crippen molar-refractivity contribution in [2.24, 2.45) is 0 Å². The van der Waals surface area contributed by atoms with Crippen molar-refractivity contribution in [1.82, 2.24) is 10.5 Å². The normalized spacial score (nSPS) is 10.3. The minimum absolute atomic E-state index is 0.250. The summed E-state index contributed by atoms with van der Waals surface area (Å²) in [4.78, 5) is 12.2. The van der Waals surface area contributed by atoms with Gasteiger partial charge in [-0.05, 0) is 26.0 Å². The molecular weight excluding hydrogens is 258 g/mol. The Bertz CT molecular complexity index is 607. The van der Waals surface area contributed by atoms with Crippen molar-refractivity contribution in [2.75, 3.05) is 12.3 Å². The first kappa shape index (κ1) is 13.9. The van der Waals surface area contributed by atoms with E-state index in [0.717, 1.165) is 5.69 Å². The van der Waals surface area contributed by atoms with Crippen LogP contribution in [0.25, 0.3) is 0 Å². The van der Waals surface area contributed by atoms with Crippen molar-refractivity contribution >= 4 is 11.6 Å². The SMILES string of the molecule is CCOc1cccc(N)c1C(=O)NCc1cc(C)no1. The average molecular weight is 275 g/mol. The minimum Gasteiger partial charge on any atom is -0.493 e. The maximum Gasteiger partial charge on any atom is 0.257 e. The maximum absolute atomic E-state index is 12.2. The molecule has 0 atom stereocenters. The summed E-state index contributed by atoms with van der Waals surface area (Å²) in [7, 11) is 0. The van der Waals surface area contributed by atoms with Crippen LogP contribution in [0.2, 0.25) is 0 Å². The molecule has 2 aromatic rings. The molecule has 0 aliphatic heterocycles. The van der Waals surface area contributed by atoms with Crippen LogP contribution in [0.5, 0.6) is 5.75 Å². The molecule has 1 amide bonds. The van der Waals surface area contributed by atoms with E-state index in [-0.39, 0.29) is 12.5 Å². The zero-order valence-electron chi connectivity index (χ0n) is 11.5. The number of nitrogens with one attached hydrogen (secondary N) is 1. The molecule has 106 valence electrons. The predicted molar refractivity (Wildman–Crippen MR) is 74.4 cm³/mol. The average Bonchev–Trinajstić information content (AvgIpc) is 2.82. The summed E-state index contributed by atoms with van der Waals surface area (Å²) in [6.45, 7) is 4.38. The van der Waals surface area contributed by atoms with Gasteiger partial charge in [0, 0.05) is 11.8 Å². The van der Waals surface area contributed by atoms with Crippen molar-refractivity contribution in [3.05, 3.63) is 41.3 Å². The van der Waals surface area contributed by atoms with Crippen molar-refractivity contribution in [2.45, 2.75) is 20.4 Å². The molecule has 0 bridgehead atoms. The second-order valence-corrected chi connectivity index (χ2v) is 4.27. The number of nitrogens with two attached hydrogens (primary N) is 1. The van der Waals surface area contributed by atoms with E-state index >= 15 is 0 Å². The van der Waals surface area contributed by atoms with Crippen molar-refractivity contribution in [3.63, 3.8) is 0 Å². The third-order valence-electron chi connectivity index (χ3n) is 2.69. The number of nitrogen functional groups attached to an aromatic ring is 1. The molecule has 3 N–H and O–H groups in total. The molecule has 0 unspecified atom stereocenters. The highest BCUT2D eigenvalue weighted by Crippen LogP contribution is 2.24. The number of aryl methyl sites for hydroxylation is 1. The number of hydrogen-bond donors (Lipinski definition) is 2. The summed E-state index contributed by atoms with van der Waals surface area (Å²) in [6, 6.07) is 6.89. The molecule has 0 fully saturated rings. The van der Waals surface area contributed by atoms with E-state index in [0.29, 0.717) is 29.4 Å². The van der Waals surface area contributed by atoms with E-state index < -0.39 is 0 Å². The fourth-order valence-corrected chi connectivity index (χ4v) is 1.82. The van der Waals surface area contributed by atoms with Gasteiger partial charge in [-0.25, -0.2) is 0 Å². The highest BCUT2D eigenvalue weighted by molar-refractivity contribution is 6.01. The van der Waals surface area contributed by atoms with Crippen molar-refractivity contribution in [1.29, 1.82) is 0 Å². The van der Waals surface area contributed by atoms with Gasteiger partial charge in [-0.2, -0.15) is 0 Å². The molecule has 0 aliphatic carbocycles. The second kappa shape index (κ2) is 6.10. The Kier molecular flexibility index (Phi) is 4.24. The summed E-state index contributed by atoms with van der Waals surface area (Å²) < 4.78 is 10.4. The number of carbonyl (C=O) groups excluding carboxylic acids is 1. The summed E-state index contributed by atoms with van der Waals surface area (Å²) in [5.41, 5.74) is 7.33. The van der Waals surface area contributed by atoms with Crippen LogP contribution in [-0.2, 0) is 6.54 Å².